The van der Waals surface area contributed by atoms with Crippen LogP contribution in [0.4, 0.5) is 4.79 Å². The number of furan rings is 1. The van der Waals surface area contributed by atoms with Crippen LogP contribution < -0.4 is 4.74 Å². The number of amides is 1. The summed E-state index contributed by atoms with van der Waals surface area (Å²) >= 11 is 0. The van der Waals surface area contributed by atoms with E-state index >= 15 is 0 Å². The quantitative estimate of drug-likeness (QED) is 0.493. The number of ketones is 2. The Bertz CT molecular complexity index is 1220. The van der Waals surface area contributed by atoms with Crippen molar-refractivity contribution in [2.45, 2.75) is 51.6 Å². The summed E-state index contributed by atoms with van der Waals surface area (Å²) in [6, 6.07) is 9.61. The third kappa shape index (κ3) is 5.02. The molecular formula is C26H29NO6. The molecule has 1 atom stereocenters. The van der Waals surface area contributed by atoms with E-state index in [0.29, 0.717) is 31.7 Å². The molecule has 0 bridgehead atoms. The maximum absolute atomic E-state index is 12.5. The zero-order valence-electron chi connectivity index (χ0n) is 19.5. The van der Waals surface area contributed by atoms with Crippen molar-refractivity contribution in [1.82, 2.24) is 4.90 Å². The standard InChI is InChI=1S/C26H29NO6/c1-26(2,3)33-25(30)27(4)11-12-31-18-7-9-19-16(13-18)5-10-23-24(19)21(15-32-23)20-8-6-17(28)14-22(20)29/h5,7,9-10,13,15,20H,6,8,11-12,14H2,1-4H3/t20-/m0/s1. The fourth-order valence-electron chi connectivity index (χ4n) is 4.15. The van der Waals surface area contributed by atoms with Crippen molar-refractivity contribution in [2.75, 3.05) is 20.2 Å². The Hall–Kier alpha value is -3.35. The minimum atomic E-state index is -0.542. The highest BCUT2D eigenvalue weighted by molar-refractivity contribution is 6.11. The van der Waals surface area contributed by atoms with Crippen LogP contribution >= 0.6 is 0 Å². The number of nitrogens with zero attached hydrogens (tertiary/aromatic N) is 1. The van der Waals surface area contributed by atoms with E-state index in [1.165, 1.54) is 4.90 Å². The van der Waals surface area contributed by atoms with Crippen LogP contribution in [0.15, 0.2) is 41.0 Å². The Kier molecular flexibility index (Phi) is 6.15. The predicted octanol–water partition coefficient (Wildman–Crippen LogP) is 5.24. The van der Waals surface area contributed by atoms with Gasteiger partial charge in [-0.2, -0.15) is 0 Å². The van der Waals surface area contributed by atoms with Gasteiger partial charge in [0.25, 0.3) is 0 Å². The molecule has 1 amide bonds. The Labute approximate surface area is 192 Å². The first kappa shape index (κ1) is 22.8. The van der Waals surface area contributed by atoms with E-state index in [-0.39, 0.29) is 23.9 Å². The molecule has 7 nitrogen and oxygen atoms in total. The summed E-state index contributed by atoms with van der Waals surface area (Å²) in [6.07, 6.45) is 2.20. The summed E-state index contributed by atoms with van der Waals surface area (Å²) < 4.78 is 17.0. The molecule has 4 rings (SSSR count). The molecule has 0 N–H and O–H groups in total. The lowest BCUT2D eigenvalue weighted by Gasteiger charge is -2.24. The van der Waals surface area contributed by atoms with E-state index in [9.17, 15) is 14.4 Å². The van der Waals surface area contributed by atoms with Crippen molar-refractivity contribution >= 4 is 39.4 Å². The highest BCUT2D eigenvalue weighted by atomic mass is 16.6. The Morgan fingerprint density at radius 3 is 2.70 bits per heavy atom. The Morgan fingerprint density at radius 1 is 1.18 bits per heavy atom. The zero-order chi connectivity index (χ0) is 23.8. The number of carbonyl (C=O) groups excluding carboxylic acids is 3. The molecule has 1 aliphatic rings. The molecule has 1 heterocycles. The fraction of sp³-hybridized carbons (Fsp3) is 0.423. The molecule has 0 spiro atoms. The number of benzene rings is 2. The van der Waals surface area contributed by atoms with Gasteiger partial charge in [0.2, 0.25) is 0 Å². The Balaban J connectivity index is 1.50. The first-order valence-electron chi connectivity index (χ1n) is 11.2. The van der Waals surface area contributed by atoms with Crippen LogP contribution in [0.5, 0.6) is 5.75 Å². The summed E-state index contributed by atoms with van der Waals surface area (Å²) in [6.45, 7) is 6.20. The third-order valence-electron chi connectivity index (χ3n) is 5.80. The lowest BCUT2D eigenvalue weighted by molar-refractivity contribution is -0.130. The van der Waals surface area contributed by atoms with Crippen molar-refractivity contribution in [1.29, 1.82) is 0 Å². The second-order valence-corrected chi connectivity index (χ2v) is 9.54. The molecule has 3 aromatic rings. The lowest BCUT2D eigenvalue weighted by Crippen LogP contribution is -2.36. The molecular weight excluding hydrogens is 422 g/mol. The summed E-state index contributed by atoms with van der Waals surface area (Å²) in [5.74, 6) is 0.339. The van der Waals surface area contributed by atoms with E-state index in [1.54, 1.807) is 13.3 Å². The normalized spacial score (nSPS) is 16.9. The van der Waals surface area contributed by atoms with Crippen molar-refractivity contribution in [3.8, 4) is 5.75 Å². The summed E-state index contributed by atoms with van der Waals surface area (Å²) in [5.41, 5.74) is 1.02. The number of rotatable bonds is 5. The van der Waals surface area contributed by atoms with E-state index in [0.717, 1.165) is 27.3 Å². The maximum Gasteiger partial charge on any atom is 0.410 e. The Morgan fingerprint density at radius 2 is 1.97 bits per heavy atom. The molecule has 1 fully saturated rings. The maximum atomic E-state index is 12.5. The van der Waals surface area contributed by atoms with Gasteiger partial charge in [-0.1, -0.05) is 6.07 Å². The third-order valence-corrected chi connectivity index (χ3v) is 5.80. The van der Waals surface area contributed by atoms with Crippen LogP contribution in [0, 0.1) is 0 Å². The molecule has 2 aromatic carbocycles. The zero-order valence-corrected chi connectivity index (χ0v) is 19.5. The van der Waals surface area contributed by atoms with Gasteiger partial charge in [0, 0.05) is 30.3 Å². The SMILES string of the molecule is CN(CCOc1ccc2c(ccc3occ([C@@H]4CCC(=O)CC4=O)c32)c1)C(=O)OC(C)(C)C. The molecule has 0 saturated heterocycles. The monoisotopic (exact) mass is 451 g/mol. The molecule has 0 unspecified atom stereocenters. The summed E-state index contributed by atoms with van der Waals surface area (Å²) in [7, 11) is 1.68. The van der Waals surface area contributed by atoms with Crippen molar-refractivity contribution in [2.24, 2.45) is 0 Å². The number of carbonyl (C=O) groups is 3. The number of hydrogen-bond donors (Lipinski definition) is 0. The number of likely N-dealkylation sites (N-methyl/N-ethyl adjacent to an activating group) is 1. The van der Waals surface area contributed by atoms with Crippen molar-refractivity contribution < 1.29 is 28.3 Å². The van der Waals surface area contributed by atoms with Crippen LogP contribution in [0.3, 0.4) is 0 Å². The molecule has 0 radical (unpaired) electrons. The number of hydrogen-bond acceptors (Lipinski definition) is 6. The van der Waals surface area contributed by atoms with Gasteiger partial charge in [-0.3, -0.25) is 9.59 Å². The van der Waals surface area contributed by atoms with Crippen LogP contribution in [0.25, 0.3) is 21.7 Å². The lowest BCUT2D eigenvalue weighted by atomic mass is 9.81. The van der Waals surface area contributed by atoms with Crippen LogP contribution in [-0.2, 0) is 14.3 Å². The van der Waals surface area contributed by atoms with Gasteiger partial charge in [-0.05, 0) is 62.2 Å². The van der Waals surface area contributed by atoms with Gasteiger partial charge in [0.15, 0.2) is 0 Å². The minimum Gasteiger partial charge on any atom is -0.492 e. The molecule has 33 heavy (non-hydrogen) atoms. The fourth-order valence-corrected chi connectivity index (χ4v) is 4.15. The highest BCUT2D eigenvalue weighted by Gasteiger charge is 2.31. The highest BCUT2D eigenvalue weighted by Crippen LogP contribution is 2.38. The van der Waals surface area contributed by atoms with Gasteiger partial charge in [0.05, 0.1) is 19.2 Å². The van der Waals surface area contributed by atoms with E-state index in [4.69, 9.17) is 13.9 Å². The average Bonchev–Trinajstić information content (AvgIpc) is 3.16. The first-order valence-corrected chi connectivity index (χ1v) is 11.2. The molecule has 7 heteroatoms. The molecule has 0 aliphatic heterocycles. The van der Waals surface area contributed by atoms with Gasteiger partial charge in [-0.25, -0.2) is 4.79 Å². The largest absolute Gasteiger partial charge is 0.492 e. The second-order valence-electron chi connectivity index (χ2n) is 9.54. The van der Waals surface area contributed by atoms with Gasteiger partial charge >= 0.3 is 6.09 Å². The van der Waals surface area contributed by atoms with Gasteiger partial charge < -0.3 is 18.8 Å². The van der Waals surface area contributed by atoms with Crippen molar-refractivity contribution in [3.05, 3.63) is 42.2 Å². The number of fused-ring (bicyclic) bond motifs is 3. The summed E-state index contributed by atoms with van der Waals surface area (Å²) in [4.78, 5) is 37.7. The van der Waals surface area contributed by atoms with Crippen LogP contribution in [0.2, 0.25) is 0 Å². The van der Waals surface area contributed by atoms with Crippen LogP contribution in [0.1, 0.15) is 51.5 Å². The van der Waals surface area contributed by atoms with E-state index in [2.05, 4.69) is 0 Å². The number of Topliss-reactive ketones (excluding diaryl/α,β-unsaturated/α-hetero) is 2. The number of ether oxygens (including phenoxy) is 2. The van der Waals surface area contributed by atoms with Crippen LogP contribution in [-0.4, -0.2) is 48.4 Å². The van der Waals surface area contributed by atoms with Gasteiger partial charge in [-0.15, -0.1) is 0 Å². The molecule has 174 valence electrons. The van der Waals surface area contributed by atoms with Gasteiger partial charge in [0.1, 0.15) is 35.1 Å². The topological polar surface area (TPSA) is 86.0 Å². The predicted molar refractivity (Wildman–Crippen MR) is 125 cm³/mol. The second kappa shape index (κ2) is 8.89. The van der Waals surface area contributed by atoms with Crippen molar-refractivity contribution in [3.63, 3.8) is 0 Å². The van der Waals surface area contributed by atoms with E-state index < -0.39 is 11.7 Å². The summed E-state index contributed by atoms with van der Waals surface area (Å²) in [5, 5.41) is 2.85. The molecule has 1 aliphatic carbocycles. The minimum absolute atomic E-state index is 0.00215. The smallest absolute Gasteiger partial charge is 0.410 e. The van der Waals surface area contributed by atoms with E-state index in [1.807, 2.05) is 51.1 Å². The first-order chi connectivity index (χ1) is 15.6. The molecule has 1 aromatic heterocycles. The molecule has 1 saturated carbocycles. The average molecular weight is 452 g/mol.